The summed E-state index contributed by atoms with van der Waals surface area (Å²) in [5.41, 5.74) is 0.546. The smallest absolute Gasteiger partial charge is 0.501 e. The number of hydrogen-bond acceptors (Lipinski definition) is 7. The normalized spacial score (nSPS) is 11.4. The second kappa shape index (κ2) is 11.7. The molecule has 0 atom stereocenters. The number of aromatic hydroxyl groups is 2. The molecule has 0 aliphatic heterocycles. The van der Waals surface area contributed by atoms with Crippen LogP contribution in [0.25, 0.3) is 0 Å². The molecule has 7 nitrogen and oxygen atoms in total. The second-order valence-electron chi connectivity index (χ2n) is 6.49. The quantitative estimate of drug-likeness (QED) is 0.278. The number of carbonyl (C=O) groups excluding carboxylic acids is 1. The molecule has 0 fully saturated rings. The Kier molecular flexibility index (Phi) is 9.32. The predicted molar refractivity (Wildman–Crippen MR) is 115 cm³/mol. The molecule has 164 valence electrons. The first-order chi connectivity index (χ1) is 14.4. The highest BCUT2D eigenvalue weighted by atomic mass is 28.4. The Hall–Kier alpha value is -2.39. The van der Waals surface area contributed by atoms with Gasteiger partial charge in [0.25, 0.3) is 0 Å². The summed E-state index contributed by atoms with van der Waals surface area (Å²) in [5.74, 6) is -0.0540. The zero-order valence-electron chi connectivity index (χ0n) is 17.7. The minimum absolute atomic E-state index is 0.0992. The molecule has 2 aromatic rings. The Morgan fingerprint density at radius 3 is 2.03 bits per heavy atom. The molecule has 2 N–H and O–H groups in total. The lowest BCUT2D eigenvalue weighted by Gasteiger charge is -2.28. The van der Waals surface area contributed by atoms with E-state index in [2.05, 4.69) is 0 Å². The Balaban J connectivity index is 1.92. The van der Waals surface area contributed by atoms with Crippen LogP contribution in [-0.4, -0.2) is 51.2 Å². The van der Waals surface area contributed by atoms with Gasteiger partial charge in [0.2, 0.25) is 0 Å². The van der Waals surface area contributed by atoms with Crippen LogP contribution < -0.4 is 4.74 Å². The van der Waals surface area contributed by atoms with E-state index in [0.29, 0.717) is 50.2 Å². The Morgan fingerprint density at radius 2 is 1.50 bits per heavy atom. The van der Waals surface area contributed by atoms with Gasteiger partial charge in [-0.05, 0) is 63.6 Å². The summed E-state index contributed by atoms with van der Waals surface area (Å²) in [4.78, 5) is 12.5. The minimum Gasteiger partial charge on any atom is -0.508 e. The van der Waals surface area contributed by atoms with Crippen LogP contribution in [0.3, 0.4) is 0 Å². The number of hydrogen-bond donors (Lipinski definition) is 2. The molecule has 0 radical (unpaired) electrons. The molecule has 0 aliphatic carbocycles. The van der Waals surface area contributed by atoms with Crippen molar-refractivity contribution in [1.82, 2.24) is 0 Å². The summed E-state index contributed by atoms with van der Waals surface area (Å²) in [6.45, 7) is 7.87. The number of ether oxygens (including phenoxy) is 1. The molecule has 0 saturated heterocycles. The lowest BCUT2D eigenvalue weighted by molar-refractivity contribution is 0.0696. The fraction of sp³-hybridized carbons (Fsp3) is 0.409. The average Bonchev–Trinajstić information content (AvgIpc) is 2.72. The summed E-state index contributed by atoms with van der Waals surface area (Å²) in [6, 6.07) is 11.3. The van der Waals surface area contributed by atoms with E-state index in [4.69, 9.17) is 18.0 Å². The molecule has 2 rings (SSSR count). The van der Waals surface area contributed by atoms with Crippen LogP contribution in [0.2, 0.25) is 6.04 Å². The monoisotopic (exact) mass is 434 g/mol. The predicted octanol–water partition coefficient (Wildman–Crippen LogP) is 4.15. The van der Waals surface area contributed by atoms with Crippen molar-refractivity contribution >= 4 is 14.6 Å². The van der Waals surface area contributed by atoms with E-state index >= 15 is 0 Å². The lowest BCUT2D eigenvalue weighted by Crippen LogP contribution is -2.46. The molecule has 0 bridgehead atoms. The van der Waals surface area contributed by atoms with Crippen molar-refractivity contribution in [2.45, 2.75) is 33.2 Å². The van der Waals surface area contributed by atoms with Gasteiger partial charge in [-0.25, -0.2) is 0 Å². The van der Waals surface area contributed by atoms with Gasteiger partial charge in [0.15, 0.2) is 5.78 Å². The zero-order valence-corrected chi connectivity index (χ0v) is 18.7. The molecule has 0 saturated carbocycles. The van der Waals surface area contributed by atoms with Gasteiger partial charge in [0.05, 0.1) is 12.2 Å². The number of benzene rings is 2. The second-order valence-corrected chi connectivity index (χ2v) is 9.22. The third-order valence-electron chi connectivity index (χ3n) is 4.33. The summed E-state index contributed by atoms with van der Waals surface area (Å²) in [7, 11) is -2.67. The van der Waals surface area contributed by atoms with Gasteiger partial charge in [0, 0.05) is 37.5 Å². The van der Waals surface area contributed by atoms with Crippen LogP contribution in [0.5, 0.6) is 17.2 Å². The van der Waals surface area contributed by atoms with Crippen LogP contribution in [0.4, 0.5) is 0 Å². The van der Waals surface area contributed by atoms with Crippen molar-refractivity contribution in [2.75, 3.05) is 26.4 Å². The highest BCUT2D eigenvalue weighted by Gasteiger charge is 2.39. The lowest BCUT2D eigenvalue weighted by atomic mass is 10.0. The van der Waals surface area contributed by atoms with Crippen LogP contribution in [0.1, 0.15) is 43.1 Å². The van der Waals surface area contributed by atoms with Crippen molar-refractivity contribution in [1.29, 1.82) is 0 Å². The highest BCUT2D eigenvalue weighted by Crippen LogP contribution is 2.26. The zero-order chi connectivity index (χ0) is 22.0. The molecule has 0 spiro atoms. The molecule has 0 aliphatic rings. The Bertz CT molecular complexity index is 791. The van der Waals surface area contributed by atoms with Gasteiger partial charge in [0.1, 0.15) is 17.2 Å². The first-order valence-electron chi connectivity index (χ1n) is 10.2. The number of phenols is 2. The van der Waals surface area contributed by atoms with E-state index in [1.807, 2.05) is 20.8 Å². The minimum atomic E-state index is -2.67. The molecule has 2 aromatic carbocycles. The van der Waals surface area contributed by atoms with E-state index in [0.717, 1.165) is 6.07 Å². The maximum Gasteiger partial charge on any atom is 0.501 e. The van der Waals surface area contributed by atoms with Gasteiger partial charge in [-0.3, -0.25) is 4.79 Å². The maximum atomic E-state index is 12.5. The molecule has 0 heterocycles. The van der Waals surface area contributed by atoms with Crippen LogP contribution in [0.15, 0.2) is 42.5 Å². The number of ketones is 1. The van der Waals surface area contributed by atoms with Gasteiger partial charge in [-0.2, -0.15) is 0 Å². The largest absolute Gasteiger partial charge is 0.508 e. The van der Waals surface area contributed by atoms with Crippen LogP contribution in [-0.2, 0) is 13.3 Å². The standard InChI is InChI=1S/C22H30O7Si/c1-4-27-30(28-5-2,29-6-3)15-7-14-26-19-11-8-17(9-12-19)22(25)20-13-10-18(23)16-21(20)24/h8-13,16,23-24H,4-7,14-15H2,1-3H3. The third-order valence-corrected chi connectivity index (χ3v) is 7.48. The Labute approximate surface area is 178 Å². The van der Waals surface area contributed by atoms with Crippen molar-refractivity contribution in [3.63, 3.8) is 0 Å². The van der Waals surface area contributed by atoms with E-state index in [9.17, 15) is 15.0 Å². The highest BCUT2D eigenvalue weighted by molar-refractivity contribution is 6.60. The topological polar surface area (TPSA) is 94.5 Å². The summed E-state index contributed by atoms with van der Waals surface area (Å²) < 4.78 is 23.3. The number of carbonyl (C=O) groups is 1. The Morgan fingerprint density at radius 1 is 0.900 bits per heavy atom. The summed E-state index contributed by atoms with van der Waals surface area (Å²) in [6.07, 6.45) is 0.717. The van der Waals surface area contributed by atoms with Gasteiger partial charge in [-0.15, -0.1) is 0 Å². The number of phenolic OH excluding ortho intramolecular Hbond substituents is 2. The molecule has 0 amide bonds. The van der Waals surface area contributed by atoms with E-state index < -0.39 is 8.80 Å². The summed E-state index contributed by atoms with van der Waals surface area (Å²) >= 11 is 0. The molecular weight excluding hydrogens is 404 g/mol. The fourth-order valence-electron chi connectivity index (χ4n) is 3.05. The third kappa shape index (κ3) is 6.56. The first-order valence-corrected chi connectivity index (χ1v) is 12.1. The van der Waals surface area contributed by atoms with Gasteiger partial charge >= 0.3 is 8.80 Å². The maximum absolute atomic E-state index is 12.5. The van der Waals surface area contributed by atoms with Crippen molar-refractivity contribution < 1.29 is 33.0 Å². The van der Waals surface area contributed by atoms with Gasteiger partial charge < -0.3 is 28.2 Å². The first kappa shape index (κ1) is 23.9. The van der Waals surface area contributed by atoms with Crippen molar-refractivity contribution in [3.05, 3.63) is 53.6 Å². The van der Waals surface area contributed by atoms with E-state index in [-0.39, 0.29) is 22.8 Å². The average molecular weight is 435 g/mol. The molecule has 8 heteroatoms. The fourth-order valence-corrected chi connectivity index (χ4v) is 5.63. The van der Waals surface area contributed by atoms with Crippen LogP contribution >= 0.6 is 0 Å². The molecule has 0 unspecified atom stereocenters. The van der Waals surface area contributed by atoms with Crippen LogP contribution in [0, 0.1) is 0 Å². The molecule has 0 aromatic heterocycles. The van der Waals surface area contributed by atoms with Crippen molar-refractivity contribution in [2.24, 2.45) is 0 Å². The molecule has 30 heavy (non-hydrogen) atoms. The van der Waals surface area contributed by atoms with Gasteiger partial charge in [-0.1, -0.05) is 0 Å². The molecular formula is C22H30O7Si. The number of rotatable bonds is 13. The van der Waals surface area contributed by atoms with Crippen molar-refractivity contribution in [3.8, 4) is 17.2 Å². The summed E-state index contributed by atoms with van der Waals surface area (Å²) in [5, 5.41) is 19.2. The SMILES string of the molecule is CCO[Si](CCCOc1ccc(C(=O)c2ccc(O)cc2O)cc1)(OCC)OCC. The van der Waals surface area contributed by atoms with E-state index in [1.54, 1.807) is 24.3 Å². The van der Waals surface area contributed by atoms with E-state index in [1.165, 1.54) is 12.1 Å².